The lowest BCUT2D eigenvalue weighted by Crippen LogP contribution is -2.59. The largest absolute Gasteiger partial charge is 0.418 e. The summed E-state index contributed by atoms with van der Waals surface area (Å²) in [6.45, 7) is 0.339. The van der Waals surface area contributed by atoms with E-state index in [1.807, 2.05) is 0 Å². The van der Waals surface area contributed by atoms with E-state index in [1.165, 1.54) is 24.6 Å². The van der Waals surface area contributed by atoms with Gasteiger partial charge in [-0.3, -0.25) is 4.84 Å². The fourth-order valence-electron chi connectivity index (χ4n) is 4.49. The highest BCUT2D eigenvalue weighted by Gasteiger charge is 2.51. The van der Waals surface area contributed by atoms with E-state index in [0.29, 0.717) is 28.1 Å². The summed E-state index contributed by atoms with van der Waals surface area (Å²) >= 11 is 19.2. The molecule has 2 saturated heterocycles. The first-order valence-corrected chi connectivity index (χ1v) is 13.1. The van der Waals surface area contributed by atoms with Crippen molar-refractivity contribution in [2.45, 2.75) is 36.6 Å². The van der Waals surface area contributed by atoms with Crippen LogP contribution in [0.25, 0.3) is 11.4 Å². The highest BCUT2D eigenvalue weighted by atomic mass is 35.5. The zero-order chi connectivity index (χ0) is 27.2. The predicted molar refractivity (Wildman–Crippen MR) is 136 cm³/mol. The number of hydrogen-bond acceptors (Lipinski definition) is 9. The Labute approximate surface area is 233 Å². The monoisotopic (exact) mass is 610 g/mol. The van der Waals surface area contributed by atoms with Crippen LogP contribution in [0.2, 0.25) is 15.2 Å². The van der Waals surface area contributed by atoms with E-state index in [9.17, 15) is 13.2 Å². The molecule has 2 aliphatic rings. The number of nitrogens with one attached hydrogen (secondary N) is 2. The summed E-state index contributed by atoms with van der Waals surface area (Å²) in [5.41, 5.74) is 8.32. The van der Waals surface area contributed by atoms with E-state index >= 15 is 0 Å². The van der Waals surface area contributed by atoms with Crippen LogP contribution >= 0.6 is 46.1 Å². The molecule has 5 rings (SSSR count). The van der Waals surface area contributed by atoms with Crippen LogP contribution in [-0.2, 0) is 20.5 Å². The number of benzene rings is 1. The lowest BCUT2D eigenvalue weighted by Gasteiger charge is -2.42. The number of methoxy groups -OCH3 is 1. The lowest BCUT2D eigenvalue weighted by molar-refractivity contribution is -0.182. The number of hydrogen-bond donors (Lipinski definition) is 3. The maximum atomic E-state index is 14.0. The van der Waals surface area contributed by atoms with E-state index < -0.39 is 42.2 Å². The Morgan fingerprint density at radius 3 is 2.76 bits per heavy atom. The lowest BCUT2D eigenvalue weighted by atomic mass is 9.91. The summed E-state index contributed by atoms with van der Waals surface area (Å²) in [4.78, 5) is 9.84. The summed E-state index contributed by atoms with van der Waals surface area (Å²) in [6, 6.07) is 2.91. The molecule has 0 bridgehead atoms. The predicted octanol–water partition coefficient (Wildman–Crippen LogP) is 4.58. The van der Waals surface area contributed by atoms with Crippen molar-refractivity contribution in [1.29, 1.82) is 0 Å². The number of thiazole rings is 1. The van der Waals surface area contributed by atoms with Crippen LogP contribution in [0.5, 0.6) is 0 Å². The molecule has 5 atom stereocenters. The second kappa shape index (κ2) is 10.8. The molecule has 0 spiro atoms. The second-order valence-corrected chi connectivity index (χ2v) is 10.5. The zero-order valence-corrected chi connectivity index (χ0v) is 22.5. The normalized spacial score (nSPS) is 26.0. The number of rotatable bonds is 6. The van der Waals surface area contributed by atoms with Gasteiger partial charge in [-0.05, 0) is 18.2 Å². The third kappa shape index (κ3) is 5.21. The van der Waals surface area contributed by atoms with Gasteiger partial charge in [0.15, 0.2) is 0 Å². The van der Waals surface area contributed by atoms with Crippen LogP contribution in [0, 0.1) is 0 Å². The maximum Gasteiger partial charge on any atom is 0.418 e. The summed E-state index contributed by atoms with van der Waals surface area (Å²) < 4.78 is 55.1. The SMILES string of the molecule is COC1C(c2ccnn2-c2cc(Cl)c(Cl)cc2C(F)(F)F)OC2CNOC2C1N/C=C(\N)c1nc(Cl)cs1. The van der Waals surface area contributed by atoms with Crippen molar-refractivity contribution in [2.24, 2.45) is 5.73 Å². The third-order valence-corrected chi connectivity index (χ3v) is 8.10. The van der Waals surface area contributed by atoms with Gasteiger partial charge in [0.2, 0.25) is 0 Å². The second-order valence-electron chi connectivity index (χ2n) is 8.44. The van der Waals surface area contributed by atoms with Crippen LogP contribution in [0.1, 0.15) is 22.4 Å². The molecule has 204 valence electrons. The van der Waals surface area contributed by atoms with Crippen LogP contribution in [0.15, 0.2) is 36.0 Å². The van der Waals surface area contributed by atoms with Crippen molar-refractivity contribution >= 4 is 51.8 Å². The van der Waals surface area contributed by atoms with Crippen LogP contribution in [0.4, 0.5) is 13.2 Å². The molecule has 0 amide bonds. The van der Waals surface area contributed by atoms with Crippen molar-refractivity contribution in [3.63, 3.8) is 0 Å². The van der Waals surface area contributed by atoms with Gasteiger partial charge in [-0.25, -0.2) is 9.67 Å². The summed E-state index contributed by atoms with van der Waals surface area (Å²) in [6.07, 6.45) is -4.36. The Morgan fingerprint density at radius 1 is 1.32 bits per heavy atom. The van der Waals surface area contributed by atoms with Crippen LogP contribution < -0.4 is 16.5 Å². The smallest absolute Gasteiger partial charge is 0.395 e. The van der Waals surface area contributed by atoms with Gasteiger partial charge in [0.25, 0.3) is 0 Å². The average molecular weight is 612 g/mol. The summed E-state index contributed by atoms with van der Waals surface area (Å²) in [5.74, 6) is 0. The molecular weight excluding hydrogens is 592 g/mol. The van der Waals surface area contributed by atoms with Crippen LogP contribution in [0.3, 0.4) is 0 Å². The van der Waals surface area contributed by atoms with Gasteiger partial charge in [-0.15, -0.1) is 11.3 Å². The zero-order valence-electron chi connectivity index (χ0n) is 19.4. The van der Waals surface area contributed by atoms with Crippen molar-refractivity contribution in [3.8, 4) is 5.69 Å². The highest BCUT2D eigenvalue weighted by molar-refractivity contribution is 7.11. The number of halogens is 6. The first kappa shape index (κ1) is 27.5. The standard InChI is InChI=1S/C22H20Cl3F3N6O3S/c1-35-20-17(30-6-12(29)21-33-16(25)8-38-21)19-15(7-32-37-19)36-18(20)13-2-3-31-34(13)14-5-11(24)10(23)4-9(14)22(26,27)28/h2-6,8,15,17-20,30,32H,7,29H2,1H3/b12-6-. The van der Waals surface area contributed by atoms with Gasteiger partial charge in [-0.1, -0.05) is 34.8 Å². The minimum Gasteiger partial charge on any atom is -0.395 e. The number of ether oxygens (including phenoxy) is 2. The molecule has 3 aromatic rings. The van der Waals surface area contributed by atoms with Gasteiger partial charge in [-0.2, -0.15) is 23.8 Å². The van der Waals surface area contributed by atoms with Gasteiger partial charge in [0, 0.05) is 24.9 Å². The number of fused-ring (bicyclic) bond motifs is 1. The molecule has 2 fully saturated rings. The number of nitrogens with two attached hydrogens (primary N) is 1. The topological polar surface area (TPSA) is 108 Å². The van der Waals surface area contributed by atoms with Gasteiger partial charge in [0.05, 0.1) is 45.3 Å². The molecule has 0 aliphatic carbocycles. The van der Waals surface area contributed by atoms with E-state index in [2.05, 4.69) is 20.9 Å². The van der Waals surface area contributed by atoms with E-state index in [1.54, 1.807) is 17.6 Å². The molecular formula is C22H20Cl3F3N6O3S. The Kier molecular flexibility index (Phi) is 7.82. The Hall–Kier alpha value is -2.10. The quantitative estimate of drug-likeness (QED) is 0.372. The summed E-state index contributed by atoms with van der Waals surface area (Å²) in [7, 11) is 1.47. The third-order valence-electron chi connectivity index (χ3n) is 6.16. The first-order chi connectivity index (χ1) is 18.1. The maximum absolute atomic E-state index is 14.0. The van der Waals surface area contributed by atoms with Crippen molar-refractivity contribution in [1.82, 2.24) is 25.6 Å². The highest BCUT2D eigenvalue weighted by Crippen LogP contribution is 2.41. The number of alkyl halides is 3. The van der Waals surface area contributed by atoms with Crippen molar-refractivity contribution < 1.29 is 27.5 Å². The van der Waals surface area contributed by atoms with E-state index in [-0.39, 0.29) is 15.7 Å². The molecule has 2 aliphatic heterocycles. The van der Waals surface area contributed by atoms with E-state index in [4.69, 9.17) is 54.8 Å². The fourth-order valence-corrected chi connectivity index (χ4v) is 5.69. The minimum absolute atomic E-state index is 0.0557. The first-order valence-electron chi connectivity index (χ1n) is 11.1. The molecule has 2 aromatic heterocycles. The Morgan fingerprint density at radius 2 is 2.08 bits per heavy atom. The summed E-state index contributed by atoms with van der Waals surface area (Å²) in [5, 5.41) is 9.59. The molecule has 4 heterocycles. The van der Waals surface area contributed by atoms with Gasteiger partial charge < -0.3 is 20.5 Å². The molecule has 38 heavy (non-hydrogen) atoms. The van der Waals surface area contributed by atoms with Crippen molar-refractivity contribution in [3.05, 3.63) is 67.4 Å². The molecule has 4 N–H and O–H groups in total. The molecule has 0 saturated carbocycles. The molecule has 16 heteroatoms. The molecule has 9 nitrogen and oxygen atoms in total. The van der Waals surface area contributed by atoms with Crippen LogP contribution in [-0.4, -0.2) is 52.8 Å². The van der Waals surface area contributed by atoms with Gasteiger partial charge in [0.1, 0.15) is 34.6 Å². The average Bonchev–Trinajstić information content (AvgIpc) is 3.63. The number of aromatic nitrogens is 3. The number of nitrogens with zero attached hydrogens (tertiary/aromatic N) is 3. The van der Waals surface area contributed by atoms with E-state index in [0.717, 1.165) is 16.8 Å². The number of hydroxylamine groups is 1. The molecule has 5 unspecified atom stereocenters. The van der Waals surface area contributed by atoms with Crippen molar-refractivity contribution in [2.75, 3.05) is 13.7 Å². The van der Waals surface area contributed by atoms with Gasteiger partial charge >= 0.3 is 6.18 Å². The molecule has 1 aromatic carbocycles. The minimum atomic E-state index is -4.72. The Bertz CT molecular complexity index is 1350. The fraction of sp³-hybridized carbons (Fsp3) is 0.364. The molecule has 0 radical (unpaired) electrons. The Balaban J connectivity index is 1.53.